The quantitative estimate of drug-likeness (QED) is 0.872. The molecule has 24 heavy (non-hydrogen) atoms. The number of amides is 1. The number of esters is 1. The van der Waals surface area contributed by atoms with Gasteiger partial charge in [0.15, 0.2) is 5.54 Å². The molecule has 0 aliphatic carbocycles. The molecule has 0 spiro atoms. The van der Waals surface area contributed by atoms with Gasteiger partial charge in [-0.1, -0.05) is 0 Å². The number of nitrogens with zero attached hydrogens (tertiary/aromatic N) is 1. The highest BCUT2D eigenvalue weighted by atomic mass is 19.1. The number of aromatic nitrogens is 1. The van der Waals surface area contributed by atoms with Crippen LogP contribution in [0.15, 0.2) is 36.5 Å². The summed E-state index contributed by atoms with van der Waals surface area (Å²) in [6, 6.07) is 5.78. The van der Waals surface area contributed by atoms with E-state index in [-0.39, 0.29) is 11.1 Å². The minimum atomic E-state index is -1.90. The van der Waals surface area contributed by atoms with E-state index in [1.807, 2.05) is 0 Å². The highest BCUT2D eigenvalue weighted by Crippen LogP contribution is 2.26. The normalized spacial score (nSPS) is 13.0. The van der Waals surface area contributed by atoms with Crippen molar-refractivity contribution < 1.29 is 23.1 Å². The lowest BCUT2D eigenvalue weighted by molar-refractivity contribution is -0.148. The van der Waals surface area contributed by atoms with Gasteiger partial charge in [0, 0.05) is 17.5 Å². The Morgan fingerprint density at radius 3 is 2.50 bits per heavy atom. The summed E-state index contributed by atoms with van der Waals surface area (Å²) in [5.41, 5.74) is -1.35. The molecule has 1 aromatic heterocycles. The fourth-order valence-electron chi connectivity index (χ4n) is 2.21. The number of hydrogen-bond acceptors (Lipinski definition) is 4. The van der Waals surface area contributed by atoms with E-state index in [4.69, 9.17) is 0 Å². The number of benzene rings is 1. The van der Waals surface area contributed by atoms with Crippen molar-refractivity contribution >= 4 is 11.9 Å². The van der Waals surface area contributed by atoms with Gasteiger partial charge in [0.25, 0.3) is 5.91 Å². The van der Waals surface area contributed by atoms with Crippen molar-refractivity contribution in [1.29, 1.82) is 0 Å². The molecule has 0 radical (unpaired) electrons. The summed E-state index contributed by atoms with van der Waals surface area (Å²) < 4.78 is 32.3. The number of methoxy groups -OCH3 is 1. The molecule has 0 aliphatic rings. The van der Waals surface area contributed by atoms with E-state index in [9.17, 15) is 18.4 Å². The lowest BCUT2D eigenvalue weighted by Gasteiger charge is -2.28. The van der Waals surface area contributed by atoms with Gasteiger partial charge >= 0.3 is 5.97 Å². The number of carbonyl (C=O) groups excluding carboxylic acids is 2. The Kier molecular flexibility index (Phi) is 4.92. The molecule has 0 bridgehead atoms. The minimum Gasteiger partial charge on any atom is -0.467 e. The van der Waals surface area contributed by atoms with E-state index in [1.54, 1.807) is 13.0 Å². The molecule has 5 nitrogen and oxygen atoms in total. The van der Waals surface area contributed by atoms with Crippen LogP contribution in [0, 0.1) is 18.6 Å². The maximum absolute atomic E-state index is 14.1. The van der Waals surface area contributed by atoms with Crippen LogP contribution in [0.3, 0.4) is 0 Å². The van der Waals surface area contributed by atoms with Crippen molar-refractivity contribution in [2.75, 3.05) is 7.11 Å². The maximum Gasteiger partial charge on any atom is 0.336 e. The Morgan fingerprint density at radius 2 is 1.92 bits per heavy atom. The van der Waals surface area contributed by atoms with Gasteiger partial charge in [0.2, 0.25) is 0 Å². The van der Waals surface area contributed by atoms with Crippen LogP contribution < -0.4 is 5.32 Å². The third-order valence-corrected chi connectivity index (χ3v) is 3.60. The van der Waals surface area contributed by atoms with Crippen LogP contribution in [0.2, 0.25) is 0 Å². The van der Waals surface area contributed by atoms with Crippen LogP contribution in [-0.4, -0.2) is 24.0 Å². The average molecular weight is 334 g/mol. The Bertz CT molecular complexity index is 778. The molecular formula is C17H16F2N2O3. The van der Waals surface area contributed by atoms with E-state index >= 15 is 0 Å². The Hall–Kier alpha value is -2.83. The van der Waals surface area contributed by atoms with Crippen molar-refractivity contribution in [3.8, 4) is 0 Å². The highest BCUT2D eigenvalue weighted by molar-refractivity contribution is 5.98. The predicted molar refractivity (Wildman–Crippen MR) is 82.2 cm³/mol. The molecular weight excluding hydrogens is 318 g/mol. The first-order chi connectivity index (χ1) is 11.3. The molecule has 1 N–H and O–H groups in total. The van der Waals surface area contributed by atoms with Gasteiger partial charge in [0.1, 0.15) is 11.6 Å². The third-order valence-electron chi connectivity index (χ3n) is 3.60. The van der Waals surface area contributed by atoms with E-state index in [1.165, 1.54) is 19.2 Å². The first-order valence-corrected chi connectivity index (χ1v) is 7.07. The molecule has 0 unspecified atom stereocenters. The van der Waals surface area contributed by atoms with E-state index in [0.29, 0.717) is 5.69 Å². The van der Waals surface area contributed by atoms with Crippen LogP contribution in [0.25, 0.3) is 0 Å². The standard InChI is InChI=1S/C17H16F2N2O3/c1-10-4-5-11(9-20-10)15(22)21-17(2,16(23)24-3)13-8-12(18)6-7-14(13)19/h4-9H,1-3H3,(H,21,22)/t17-/m0/s1. The molecule has 0 saturated heterocycles. The Morgan fingerprint density at radius 1 is 1.21 bits per heavy atom. The summed E-state index contributed by atoms with van der Waals surface area (Å²) >= 11 is 0. The van der Waals surface area contributed by atoms with Gasteiger partial charge in [-0.3, -0.25) is 9.78 Å². The van der Waals surface area contributed by atoms with Crippen LogP contribution >= 0.6 is 0 Å². The third kappa shape index (κ3) is 3.40. The van der Waals surface area contributed by atoms with Crippen molar-refractivity contribution in [2.45, 2.75) is 19.4 Å². The van der Waals surface area contributed by atoms with Crippen LogP contribution in [-0.2, 0) is 15.1 Å². The number of halogens is 2. The highest BCUT2D eigenvalue weighted by Gasteiger charge is 2.40. The lowest BCUT2D eigenvalue weighted by Crippen LogP contribution is -2.50. The molecule has 0 fully saturated rings. The number of hydrogen-bond donors (Lipinski definition) is 1. The minimum absolute atomic E-state index is 0.174. The van der Waals surface area contributed by atoms with Gasteiger partial charge in [-0.05, 0) is 44.2 Å². The molecule has 0 aliphatic heterocycles. The molecule has 126 valence electrons. The second-order valence-corrected chi connectivity index (χ2v) is 5.38. The number of pyridine rings is 1. The van der Waals surface area contributed by atoms with Crippen LogP contribution in [0.4, 0.5) is 8.78 Å². The Labute approximate surface area is 137 Å². The molecule has 1 amide bonds. The fraction of sp³-hybridized carbons (Fsp3) is 0.235. The predicted octanol–water partition coefficient (Wildman–Crippen LogP) is 2.49. The first-order valence-electron chi connectivity index (χ1n) is 7.07. The second-order valence-electron chi connectivity index (χ2n) is 5.38. The summed E-state index contributed by atoms with van der Waals surface area (Å²) in [7, 11) is 1.09. The topological polar surface area (TPSA) is 68.3 Å². The molecule has 1 atom stereocenters. The zero-order valence-corrected chi connectivity index (χ0v) is 13.4. The van der Waals surface area contributed by atoms with E-state index < -0.39 is 29.0 Å². The average Bonchev–Trinajstić information content (AvgIpc) is 2.56. The van der Waals surface area contributed by atoms with Gasteiger partial charge < -0.3 is 10.1 Å². The summed E-state index contributed by atoms with van der Waals surface area (Å²) in [5, 5.41) is 2.40. The maximum atomic E-state index is 14.1. The number of ether oxygens (including phenoxy) is 1. The largest absolute Gasteiger partial charge is 0.467 e. The van der Waals surface area contributed by atoms with Crippen molar-refractivity contribution in [1.82, 2.24) is 10.3 Å². The van der Waals surface area contributed by atoms with Gasteiger partial charge in [-0.25, -0.2) is 13.6 Å². The van der Waals surface area contributed by atoms with Crippen LogP contribution in [0.1, 0.15) is 28.5 Å². The smallest absolute Gasteiger partial charge is 0.336 e. The van der Waals surface area contributed by atoms with Gasteiger partial charge in [0.05, 0.1) is 12.7 Å². The SMILES string of the molecule is COC(=O)[C@@](C)(NC(=O)c1ccc(C)nc1)c1cc(F)ccc1F. The van der Waals surface area contributed by atoms with E-state index in [2.05, 4.69) is 15.0 Å². The molecule has 0 saturated carbocycles. The Balaban J connectivity index is 2.45. The molecule has 1 heterocycles. The number of carbonyl (C=O) groups is 2. The summed E-state index contributed by atoms with van der Waals surface area (Å²) in [4.78, 5) is 28.6. The fourth-order valence-corrected chi connectivity index (χ4v) is 2.21. The monoisotopic (exact) mass is 334 g/mol. The van der Waals surface area contributed by atoms with Gasteiger partial charge in [-0.2, -0.15) is 0 Å². The van der Waals surface area contributed by atoms with E-state index in [0.717, 1.165) is 25.3 Å². The second kappa shape index (κ2) is 6.74. The van der Waals surface area contributed by atoms with Crippen molar-refractivity contribution in [3.63, 3.8) is 0 Å². The molecule has 2 aromatic rings. The van der Waals surface area contributed by atoms with Crippen LogP contribution in [0.5, 0.6) is 0 Å². The zero-order chi connectivity index (χ0) is 17.9. The molecule has 2 rings (SSSR count). The molecule has 1 aromatic carbocycles. The van der Waals surface area contributed by atoms with Gasteiger partial charge in [-0.15, -0.1) is 0 Å². The molecule has 7 heteroatoms. The summed E-state index contributed by atoms with van der Waals surface area (Å²) in [5.74, 6) is -3.18. The number of aryl methyl sites for hydroxylation is 1. The number of nitrogens with one attached hydrogen (secondary N) is 1. The number of rotatable bonds is 4. The zero-order valence-electron chi connectivity index (χ0n) is 13.4. The van der Waals surface area contributed by atoms with Crippen molar-refractivity contribution in [2.24, 2.45) is 0 Å². The lowest BCUT2D eigenvalue weighted by atomic mass is 9.90. The summed E-state index contributed by atoms with van der Waals surface area (Å²) in [6.45, 7) is 3.00. The van der Waals surface area contributed by atoms with Crippen molar-refractivity contribution in [3.05, 3.63) is 65.0 Å². The first kappa shape index (κ1) is 17.5. The summed E-state index contributed by atoms with van der Waals surface area (Å²) in [6.07, 6.45) is 1.32.